The molecule has 0 aromatic heterocycles. The Hall–Kier alpha value is -2.38. The van der Waals surface area contributed by atoms with Crippen molar-refractivity contribution < 1.29 is 38.9 Å². The van der Waals surface area contributed by atoms with Crippen molar-refractivity contribution in [3.63, 3.8) is 0 Å². The zero-order valence-electron chi connectivity index (χ0n) is 9.91. The van der Waals surface area contributed by atoms with Gasteiger partial charge in [-0.25, -0.2) is 19.2 Å². The van der Waals surface area contributed by atoms with Crippen LogP contribution in [0.25, 0.3) is 0 Å². The van der Waals surface area contributed by atoms with E-state index in [1.165, 1.54) is 0 Å². The first-order valence-electron chi connectivity index (χ1n) is 4.82. The van der Waals surface area contributed by atoms with E-state index in [-0.39, 0.29) is 13.2 Å². The van der Waals surface area contributed by atoms with Gasteiger partial charge in [0.1, 0.15) is 0 Å². The van der Waals surface area contributed by atoms with Crippen LogP contribution in [0.5, 0.6) is 0 Å². The highest BCUT2D eigenvalue weighted by molar-refractivity contribution is 6.29. The summed E-state index contributed by atoms with van der Waals surface area (Å²) < 4.78 is 8.69. The lowest BCUT2D eigenvalue weighted by Gasteiger charge is -1.99. The molecule has 0 heterocycles. The minimum atomic E-state index is -1.26. The lowest BCUT2D eigenvalue weighted by Crippen LogP contribution is -2.19. The van der Waals surface area contributed by atoms with Crippen LogP contribution in [0.1, 0.15) is 13.8 Å². The Bertz CT molecular complexity index is 299. The van der Waals surface area contributed by atoms with E-state index >= 15 is 0 Å². The van der Waals surface area contributed by atoms with Crippen LogP contribution in [-0.4, -0.2) is 47.3 Å². The summed E-state index contributed by atoms with van der Waals surface area (Å²) in [5, 5.41) is 15.6. The van der Waals surface area contributed by atoms with Crippen molar-refractivity contribution in [2.24, 2.45) is 0 Å². The van der Waals surface area contributed by atoms with Crippen LogP contribution in [0.2, 0.25) is 0 Å². The summed E-state index contributed by atoms with van der Waals surface area (Å²) in [5.74, 6) is -4.37. The van der Waals surface area contributed by atoms with Gasteiger partial charge in [0.05, 0.1) is 13.2 Å². The second kappa shape index (κ2) is 11.1. The molecule has 0 rings (SSSR count). The summed E-state index contributed by atoms with van der Waals surface area (Å²) in [6.07, 6.45) is 1.12. The van der Waals surface area contributed by atoms with E-state index in [2.05, 4.69) is 9.47 Å². The summed E-state index contributed by atoms with van der Waals surface area (Å²) >= 11 is 0. The van der Waals surface area contributed by atoms with Crippen molar-refractivity contribution in [3.8, 4) is 0 Å². The highest BCUT2D eigenvalue weighted by atomic mass is 16.6. The van der Waals surface area contributed by atoms with Gasteiger partial charge in [-0.3, -0.25) is 0 Å². The molecule has 0 atom stereocenters. The number of hydrogen-bond donors (Lipinski definition) is 2. The molecule has 0 spiro atoms. The third-order valence-electron chi connectivity index (χ3n) is 1.09. The number of carboxylic acid groups (broad SMARTS) is 2. The van der Waals surface area contributed by atoms with Crippen LogP contribution in [0.3, 0.4) is 0 Å². The standard InChI is InChI=1S/C6H10O4.C4H4O4/c1-3-9-5(7)6(8)10-4-2;5-3(6)1-2-4(7)8/h3-4H2,1-2H3;1-2H,(H,5,6)(H,7,8)/b;2-1-. The Balaban J connectivity index is 0. The van der Waals surface area contributed by atoms with Gasteiger partial charge in [-0.05, 0) is 13.8 Å². The fourth-order valence-corrected chi connectivity index (χ4v) is 0.523. The van der Waals surface area contributed by atoms with Crippen LogP contribution < -0.4 is 0 Å². The summed E-state index contributed by atoms with van der Waals surface area (Å²) in [5.41, 5.74) is 0. The molecule has 2 N–H and O–H groups in total. The highest BCUT2D eigenvalue weighted by Gasteiger charge is 2.14. The first kappa shape index (κ1) is 18.0. The van der Waals surface area contributed by atoms with E-state index in [9.17, 15) is 19.2 Å². The zero-order chi connectivity index (χ0) is 14.6. The fraction of sp³-hybridized carbons (Fsp3) is 0.400. The minimum Gasteiger partial charge on any atom is -0.478 e. The SMILES string of the molecule is CCOC(=O)C(=O)OCC.O=C(O)/C=C\C(=O)O. The van der Waals surface area contributed by atoms with E-state index in [1.807, 2.05) is 0 Å². The second-order valence-corrected chi connectivity index (χ2v) is 2.45. The van der Waals surface area contributed by atoms with Crippen LogP contribution in [0, 0.1) is 0 Å². The molecule has 0 fully saturated rings. The van der Waals surface area contributed by atoms with E-state index in [4.69, 9.17) is 10.2 Å². The molecule has 18 heavy (non-hydrogen) atoms. The molecule has 0 aliphatic rings. The lowest BCUT2D eigenvalue weighted by molar-refractivity contribution is -0.167. The van der Waals surface area contributed by atoms with Gasteiger partial charge in [-0.1, -0.05) is 0 Å². The molecule has 0 radical (unpaired) electrons. The quantitative estimate of drug-likeness (QED) is 0.406. The van der Waals surface area contributed by atoms with E-state index in [0.717, 1.165) is 0 Å². The molecule has 0 aliphatic carbocycles. The molecule has 0 saturated carbocycles. The Morgan fingerprint density at radius 2 is 1.11 bits per heavy atom. The molecule has 0 bridgehead atoms. The molecule has 0 aromatic rings. The zero-order valence-corrected chi connectivity index (χ0v) is 9.91. The third kappa shape index (κ3) is 13.6. The van der Waals surface area contributed by atoms with Gasteiger partial charge in [0.25, 0.3) is 0 Å². The third-order valence-corrected chi connectivity index (χ3v) is 1.09. The van der Waals surface area contributed by atoms with Crippen molar-refractivity contribution in [1.82, 2.24) is 0 Å². The number of carbonyl (C=O) groups excluding carboxylic acids is 2. The number of carboxylic acids is 2. The summed E-state index contributed by atoms with van der Waals surface area (Å²) in [6, 6.07) is 0. The van der Waals surface area contributed by atoms with Gasteiger partial charge < -0.3 is 19.7 Å². The van der Waals surface area contributed by atoms with Crippen LogP contribution in [0.4, 0.5) is 0 Å². The Labute approximate surface area is 103 Å². The van der Waals surface area contributed by atoms with E-state index in [1.54, 1.807) is 13.8 Å². The molecular weight excluding hydrogens is 248 g/mol. The average Bonchev–Trinajstić information content (AvgIpc) is 2.28. The maximum Gasteiger partial charge on any atom is 0.417 e. The number of rotatable bonds is 4. The molecule has 0 amide bonds. The van der Waals surface area contributed by atoms with E-state index in [0.29, 0.717) is 12.2 Å². The largest absolute Gasteiger partial charge is 0.478 e. The number of hydrogen-bond acceptors (Lipinski definition) is 6. The van der Waals surface area contributed by atoms with Crippen molar-refractivity contribution >= 4 is 23.9 Å². The number of carbonyl (C=O) groups is 4. The second-order valence-electron chi connectivity index (χ2n) is 2.45. The predicted molar refractivity (Wildman–Crippen MR) is 57.7 cm³/mol. The normalized spacial score (nSPS) is 9.00. The minimum absolute atomic E-state index is 0.192. The topological polar surface area (TPSA) is 127 Å². The number of ether oxygens (including phenoxy) is 2. The van der Waals surface area contributed by atoms with Crippen LogP contribution in [0.15, 0.2) is 12.2 Å². The molecule has 102 valence electrons. The summed E-state index contributed by atoms with van der Waals surface area (Å²) in [7, 11) is 0. The number of aliphatic carboxylic acids is 2. The monoisotopic (exact) mass is 262 g/mol. The van der Waals surface area contributed by atoms with Gasteiger partial charge in [-0.2, -0.15) is 0 Å². The van der Waals surface area contributed by atoms with Gasteiger partial charge in [0, 0.05) is 12.2 Å². The van der Waals surface area contributed by atoms with E-state index < -0.39 is 23.9 Å². The lowest BCUT2D eigenvalue weighted by atomic mass is 10.5. The molecule has 0 aliphatic heterocycles. The van der Waals surface area contributed by atoms with Crippen LogP contribution >= 0.6 is 0 Å². The summed E-state index contributed by atoms with van der Waals surface area (Å²) in [4.78, 5) is 40.0. The Kier molecular flexibility index (Phi) is 11.1. The maximum absolute atomic E-state index is 10.4. The molecule has 8 heteroatoms. The Morgan fingerprint density at radius 3 is 1.28 bits per heavy atom. The van der Waals surface area contributed by atoms with Gasteiger partial charge in [0.2, 0.25) is 0 Å². The average molecular weight is 262 g/mol. The highest BCUT2D eigenvalue weighted by Crippen LogP contribution is 1.82. The number of esters is 2. The predicted octanol–water partition coefficient (Wildman–Crippen LogP) is -0.176. The summed E-state index contributed by atoms with van der Waals surface area (Å²) in [6.45, 7) is 3.63. The molecule has 8 nitrogen and oxygen atoms in total. The molecule has 0 unspecified atom stereocenters. The Morgan fingerprint density at radius 1 is 0.833 bits per heavy atom. The first-order valence-corrected chi connectivity index (χ1v) is 4.82. The smallest absolute Gasteiger partial charge is 0.417 e. The molecule has 0 saturated heterocycles. The maximum atomic E-state index is 10.4. The fourth-order valence-electron chi connectivity index (χ4n) is 0.523. The first-order chi connectivity index (χ1) is 8.34. The molecular formula is C10H14O8. The van der Waals surface area contributed by atoms with Crippen molar-refractivity contribution in [3.05, 3.63) is 12.2 Å². The van der Waals surface area contributed by atoms with Gasteiger partial charge >= 0.3 is 23.9 Å². The van der Waals surface area contributed by atoms with Crippen LogP contribution in [-0.2, 0) is 28.7 Å². The van der Waals surface area contributed by atoms with Crippen molar-refractivity contribution in [1.29, 1.82) is 0 Å². The van der Waals surface area contributed by atoms with Crippen molar-refractivity contribution in [2.45, 2.75) is 13.8 Å². The van der Waals surface area contributed by atoms with Gasteiger partial charge in [0.15, 0.2) is 0 Å². The van der Waals surface area contributed by atoms with Crippen molar-refractivity contribution in [2.75, 3.05) is 13.2 Å². The molecule has 0 aromatic carbocycles. The van der Waals surface area contributed by atoms with Gasteiger partial charge in [-0.15, -0.1) is 0 Å².